The molecule has 1 aliphatic carbocycles. The summed E-state index contributed by atoms with van der Waals surface area (Å²) in [6.45, 7) is 2.14. The van der Waals surface area contributed by atoms with Crippen LogP contribution < -0.4 is 0 Å². The maximum atomic E-state index is 4.56. The van der Waals surface area contributed by atoms with Gasteiger partial charge in [-0.05, 0) is 30.7 Å². The summed E-state index contributed by atoms with van der Waals surface area (Å²) in [7, 11) is 2.07. The highest BCUT2D eigenvalue weighted by molar-refractivity contribution is 7.17. The Morgan fingerprint density at radius 1 is 1.54 bits per heavy atom. The van der Waals surface area contributed by atoms with E-state index in [-0.39, 0.29) is 0 Å². The lowest BCUT2D eigenvalue weighted by molar-refractivity contribution is 0.723. The van der Waals surface area contributed by atoms with E-state index in [1.807, 2.05) is 11.3 Å². The predicted molar refractivity (Wildman–Crippen MR) is 55.3 cm³/mol. The van der Waals surface area contributed by atoms with Crippen molar-refractivity contribution in [1.29, 1.82) is 0 Å². The van der Waals surface area contributed by atoms with Crippen LogP contribution in [0.2, 0.25) is 0 Å². The second kappa shape index (κ2) is 2.35. The predicted octanol–water partition coefficient (Wildman–Crippen LogP) is 2.82. The van der Waals surface area contributed by atoms with Gasteiger partial charge in [-0.1, -0.05) is 0 Å². The summed E-state index contributed by atoms with van der Waals surface area (Å²) in [4.78, 5) is 0. The molecule has 1 aliphatic rings. The van der Waals surface area contributed by atoms with Gasteiger partial charge in [-0.3, -0.25) is 4.68 Å². The zero-order valence-corrected chi connectivity index (χ0v) is 8.69. The number of aryl methyl sites for hydroxylation is 2. The van der Waals surface area contributed by atoms with Crippen molar-refractivity contribution in [3.8, 4) is 0 Å². The Hall–Kier alpha value is -0.830. The van der Waals surface area contributed by atoms with E-state index in [1.165, 1.54) is 34.3 Å². The van der Waals surface area contributed by atoms with Crippen molar-refractivity contribution in [3.63, 3.8) is 0 Å². The first kappa shape index (κ1) is 7.56. The van der Waals surface area contributed by atoms with Crippen LogP contribution in [0.1, 0.15) is 30.0 Å². The molecule has 0 radical (unpaired) electrons. The molecule has 2 aromatic rings. The topological polar surface area (TPSA) is 17.8 Å². The van der Waals surface area contributed by atoms with Crippen LogP contribution in [0.4, 0.5) is 0 Å². The van der Waals surface area contributed by atoms with E-state index in [0.717, 1.165) is 5.92 Å². The third-order valence-electron chi connectivity index (χ3n) is 2.74. The molecule has 0 aromatic carbocycles. The summed E-state index contributed by atoms with van der Waals surface area (Å²) in [5, 5.41) is 6.77. The lowest BCUT2D eigenvalue weighted by Gasteiger charge is -1.96. The fourth-order valence-corrected chi connectivity index (χ4v) is 3.04. The first-order valence-corrected chi connectivity index (χ1v) is 5.56. The van der Waals surface area contributed by atoms with Crippen LogP contribution in [0.3, 0.4) is 0 Å². The second-order valence-electron chi connectivity index (χ2n) is 3.88. The minimum atomic E-state index is 0.799. The van der Waals surface area contributed by atoms with Crippen LogP contribution in [0, 0.1) is 6.92 Å². The van der Waals surface area contributed by atoms with Gasteiger partial charge in [0.05, 0.1) is 10.4 Å². The molecule has 0 aliphatic heterocycles. The smallest absolute Gasteiger partial charge is 0.106 e. The molecule has 0 atom stereocenters. The summed E-state index contributed by atoms with van der Waals surface area (Å²) in [6.07, 6.45) is 2.71. The van der Waals surface area contributed by atoms with Gasteiger partial charge in [-0.2, -0.15) is 5.10 Å². The van der Waals surface area contributed by atoms with E-state index in [2.05, 4.69) is 29.1 Å². The Labute approximate surface area is 81.2 Å². The molecule has 2 nitrogen and oxygen atoms in total. The van der Waals surface area contributed by atoms with Crippen LogP contribution in [-0.2, 0) is 7.05 Å². The van der Waals surface area contributed by atoms with Gasteiger partial charge in [0, 0.05) is 13.0 Å². The molecule has 1 saturated carbocycles. The fourth-order valence-electron chi connectivity index (χ4n) is 1.90. The summed E-state index contributed by atoms with van der Waals surface area (Å²) in [6, 6.07) is 0. The Kier molecular flexibility index (Phi) is 1.37. The highest BCUT2D eigenvalue weighted by atomic mass is 32.1. The minimum absolute atomic E-state index is 0.799. The molecule has 2 heterocycles. The SMILES string of the molecule is Cc1csc2c(C3CC3)n(C)nc12. The van der Waals surface area contributed by atoms with Crippen molar-refractivity contribution in [2.75, 3.05) is 0 Å². The number of rotatable bonds is 1. The molecule has 0 unspecified atom stereocenters. The highest BCUT2D eigenvalue weighted by Crippen LogP contribution is 2.44. The number of hydrogen-bond donors (Lipinski definition) is 0. The van der Waals surface area contributed by atoms with Crippen LogP contribution in [0.5, 0.6) is 0 Å². The lowest BCUT2D eigenvalue weighted by atomic mass is 10.2. The van der Waals surface area contributed by atoms with Crippen LogP contribution in [0.15, 0.2) is 5.38 Å². The molecule has 68 valence electrons. The molecule has 0 saturated heterocycles. The van der Waals surface area contributed by atoms with E-state index >= 15 is 0 Å². The normalized spacial score (nSPS) is 17.1. The minimum Gasteiger partial charge on any atom is -0.270 e. The third kappa shape index (κ3) is 0.967. The van der Waals surface area contributed by atoms with Crippen molar-refractivity contribution < 1.29 is 0 Å². The van der Waals surface area contributed by atoms with E-state index in [4.69, 9.17) is 0 Å². The molecular weight excluding hydrogens is 180 g/mol. The maximum Gasteiger partial charge on any atom is 0.106 e. The molecule has 2 aromatic heterocycles. The van der Waals surface area contributed by atoms with Gasteiger partial charge in [-0.25, -0.2) is 0 Å². The Bertz CT molecular complexity index is 462. The average molecular weight is 192 g/mol. The monoisotopic (exact) mass is 192 g/mol. The molecule has 0 N–H and O–H groups in total. The quantitative estimate of drug-likeness (QED) is 0.679. The van der Waals surface area contributed by atoms with Crippen molar-refractivity contribution >= 4 is 21.6 Å². The fraction of sp³-hybridized carbons (Fsp3) is 0.500. The Balaban J connectivity index is 2.35. The number of fused-ring (bicyclic) bond motifs is 1. The lowest BCUT2D eigenvalue weighted by Crippen LogP contribution is -1.95. The first-order chi connectivity index (χ1) is 6.27. The molecule has 0 bridgehead atoms. The average Bonchev–Trinajstić information content (AvgIpc) is 2.79. The van der Waals surface area contributed by atoms with E-state index in [1.54, 1.807) is 0 Å². The van der Waals surface area contributed by atoms with Crippen molar-refractivity contribution in [2.45, 2.75) is 25.7 Å². The standard InChI is InChI=1S/C10H12N2S/c1-6-5-13-10-8(6)11-12(2)9(10)7-3-4-7/h5,7H,3-4H2,1-2H3. The Morgan fingerprint density at radius 2 is 2.31 bits per heavy atom. The van der Waals surface area contributed by atoms with Crippen molar-refractivity contribution in [3.05, 3.63) is 16.6 Å². The van der Waals surface area contributed by atoms with Gasteiger partial charge in [0.25, 0.3) is 0 Å². The van der Waals surface area contributed by atoms with Gasteiger partial charge in [0.2, 0.25) is 0 Å². The number of nitrogens with zero attached hydrogens (tertiary/aromatic N) is 2. The van der Waals surface area contributed by atoms with Gasteiger partial charge >= 0.3 is 0 Å². The van der Waals surface area contributed by atoms with Crippen molar-refractivity contribution in [1.82, 2.24) is 9.78 Å². The van der Waals surface area contributed by atoms with E-state index in [0.29, 0.717) is 0 Å². The van der Waals surface area contributed by atoms with Crippen LogP contribution in [-0.4, -0.2) is 9.78 Å². The second-order valence-corrected chi connectivity index (χ2v) is 4.76. The number of aromatic nitrogens is 2. The maximum absolute atomic E-state index is 4.56. The summed E-state index contributed by atoms with van der Waals surface area (Å²) < 4.78 is 3.49. The molecule has 3 rings (SSSR count). The number of hydrogen-bond acceptors (Lipinski definition) is 2. The first-order valence-electron chi connectivity index (χ1n) is 4.68. The van der Waals surface area contributed by atoms with Crippen molar-refractivity contribution in [2.24, 2.45) is 7.05 Å². The summed E-state index contributed by atoms with van der Waals surface area (Å²) >= 11 is 1.85. The van der Waals surface area contributed by atoms with Crippen LogP contribution in [0.25, 0.3) is 10.2 Å². The van der Waals surface area contributed by atoms with Crippen LogP contribution >= 0.6 is 11.3 Å². The highest BCUT2D eigenvalue weighted by Gasteiger charge is 2.29. The molecule has 3 heteroatoms. The Morgan fingerprint density at radius 3 is 3.00 bits per heavy atom. The van der Waals surface area contributed by atoms with Gasteiger partial charge in [0.15, 0.2) is 0 Å². The van der Waals surface area contributed by atoms with Gasteiger partial charge in [-0.15, -0.1) is 11.3 Å². The zero-order valence-electron chi connectivity index (χ0n) is 7.87. The summed E-state index contributed by atoms with van der Waals surface area (Å²) in [5.41, 5.74) is 4.00. The molecular formula is C10H12N2S. The third-order valence-corrected chi connectivity index (χ3v) is 3.85. The van der Waals surface area contributed by atoms with E-state index < -0.39 is 0 Å². The largest absolute Gasteiger partial charge is 0.270 e. The molecule has 0 amide bonds. The molecule has 0 spiro atoms. The van der Waals surface area contributed by atoms with Gasteiger partial charge < -0.3 is 0 Å². The van der Waals surface area contributed by atoms with E-state index in [9.17, 15) is 0 Å². The summed E-state index contributed by atoms with van der Waals surface area (Å²) in [5.74, 6) is 0.799. The number of thiophene rings is 1. The molecule has 13 heavy (non-hydrogen) atoms. The zero-order chi connectivity index (χ0) is 9.00. The molecule has 1 fully saturated rings. The van der Waals surface area contributed by atoms with Gasteiger partial charge in [0.1, 0.15) is 5.52 Å².